The minimum absolute atomic E-state index is 0.0708. The average molecular weight is 295 g/mol. The summed E-state index contributed by atoms with van der Waals surface area (Å²) in [4.78, 5) is 12.4. The maximum Gasteiger partial charge on any atom is 0.328 e. The van der Waals surface area contributed by atoms with Crippen molar-refractivity contribution >= 4 is 0 Å². The Balaban J connectivity index is 2.02. The molecule has 0 amide bonds. The lowest BCUT2D eigenvalue weighted by Crippen LogP contribution is -2.01. The molecule has 1 aromatic heterocycles. The Morgan fingerprint density at radius 2 is 1.50 bits per heavy atom. The predicted molar refractivity (Wildman–Crippen MR) is 80.0 cm³/mol. The molecule has 6 nitrogen and oxygen atoms in total. The summed E-state index contributed by atoms with van der Waals surface area (Å²) in [6.07, 6.45) is 0. The van der Waals surface area contributed by atoms with Gasteiger partial charge in [0.2, 0.25) is 0 Å². The molecule has 22 heavy (non-hydrogen) atoms. The number of rotatable bonds is 4. The van der Waals surface area contributed by atoms with Crippen LogP contribution in [-0.2, 0) is 0 Å². The highest BCUT2D eigenvalue weighted by Crippen LogP contribution is 2.28. The number of aromatic hydroxyl groups is 1. The van der Waals surface area contributed by atoms with E-state index in [1.807, 2.05) is 18.2 Å². The van der Waals surface area contributed by atoms with E-state index in [0.29, 0.717) is 11.3 Å². The molecule has 0 radical (unpaired) electrons. The molecule has 1 heterocycles. The smallest absolute Gasteiger partial charge is 0.328 e. The third-order valence-electron chi connectivity index (χ3n) is 2.87. The van der Waals surface area contributed by atoms with E-state index in [1.54, 1.807) is 36.4 Å². The van der Waals surface area contributed by atoms with E-state index >= 15 is 0 Å². The number of ether oxygens (including phenoxy) is 2. The van der Waals surface area contributed by atoms with Crippen LogP contribution in [0.1, 0.15) is 0 Å². The van der Waals surface area contributed by atoms with Crippen molar-refractivity contribution in [3.05, 3.63) is 54.6 Å². The van der Waals surface area contributed by atoms with Crippen molar-refractivity contribution in [1.82, 2.24) is 15.0 Å². The summed E-state index contributed by atoms with van der Waals surface area (Å²) in [6.45, 7) is 0. The molecule has 0 bridgehead atoms. The number of nitrogens with zero attached hydrogens (tertiary/aromatic N) is 3. The molecule has 6 heteroatoms. The van der Waals surface area contributed by atoms with Crippen LogP contribution < -0.4 is 9.47 Å². The van der Waals surface area contributed by atoms with Gasteiger partial charge in [0.05, 0.1) is 12.7 Å². The zero-order valence-electron chi connectivity index (χ0n) is 11.8. The van der Waals surface area contributed by atoms with Crippen molar-refractivity contribution in [2.45, 2.75) is 0 Å². The lowest BCUT2D eigenvalue weighted by molar-refractivity contribution is 0.360. The van der Waals surface area contributed by atoms with Crippen LogP contribution in [0, 0.1) is 0 Å². The fourth-order valence-corrected chi connectivity index (χ4v) is 1.85. The second-order valence-electron chi connectivity index (χ2n) is 4.36. The summed E-state index contributed by atoms with van der Waals surface area (Å²) in [5.74, 6) is 0.941. The van der Waals surface area contributed by atoms with E-state index in [0.717, 1.165) is 0 Å². The molecular weight excluding hydrogens is 282 g/mol. The summed E-state index contributed by atoms with van der Waals surface area (Å²) in [6, 6.07) is 16.1. The quantitative estimate of drug-likeness (QED) is 0.797. The van der Waals surface area contributed by atoms with Gasteiger partial charge in [0.1, 0.15) is 11.5 Å². The van der Waals surface area contributed by atoms with Gasteiger partial charge in [0.25, 0.3) is 0 Å². The van der Waals surface area contributed by atoms with Crippen molar-refractivity contribution in [3.63, 3.8) is 0 Å². The second-order valence-corrected chi connectivity index (χ2v) is 4.36. The molecule has 0 saturated carbocycles. The van der Waals surface area contributed by atoms with Crippen molar-refractivity contribution in [1.29, 1.82) is 0 Å². The van der Waals surface area contributed by atoms with Gasteiger partial charge in [0, 0.05) is 0 Å². The number of hydrogen-bond acceptors (Lipinski definition) is 6. The van der Waals surface area contributed by atoms with Crippen molar-refractivity contribution in [3.8, 4) is 34.9 Å². The molecule has 3 aromatic rings. The Bertz CT molecular complexity index is 779. The SMILES string of the molecule is COc1nc(Oc2ccccc2)nc(-c2ccccc2O)n1. The molecule has 1 N–H and O–H groups in total. The van der Waals surface area contributed by atoms with Crippen LogP contribution in [0.5, 0.6) is 23.5 Å². The molecule has 3 rings (SSSR count). The lowest BCUT2D eigenvalue weighted by Gasteiger charge is -2.08. The number of phenolic OH excluding ortho intramolecular Hbond substituents is 1. The average Bonchev–Trinajstić information content (AvgIpc) is 2.56. The van der Waals surface area contributed by atoms with Gasteiger partial charge in [-0.3, -0.25) is 0 Å². The molecule has 0 unspecified atom stereocenters. The topological polar surface area (TPSA) is 77.4 Å². The van der Waals surface area contributed by atoms with Gasteiger partial charge in [-0.05, 0) is 24.3 Å². The zero-order chi connectivity index (χ0) is 15.4. The normalized spacial score (nSPS) is 10.2. The van der Waals surface area contributed by atoms with Crippen molar-refractivity contribution in [2.24, 2.45) is 0 Å². The van der Waals surface area contributed by atoms with Crippen LogP contribution in [0.3, 0.4) is 0 Å². The highest BCUT2D eigenvalue weighted by Gasteiger charge is 2.13. The van der Waals surface area contributed by atoms with Crippen LogP contribution in [-0.4, -0.2) is 27.2 Å². The number of phenols is 1. The van der Waals surface area contributed by atoms with Crippen LogP contribution in [0.4, 0.5) is 0 Å². The van der Waals surface area contributed by atoms with Crippen molar-refractivity contribution < 1.29 is 14.6 Å². The maximum atomic E-state index is 9.93. The minimum atomic E-state index is 0.0708. The molecule has 0 spiro atoms. The molecule has 0 saturated heterocycles. The predicted octanol–water partition coefficient (Wildman–Crippen LogP) is 3.05. The Morgan fingerprint density at radius 3 is 2.23 bits per heavy atom. The minimum Gasteiger partial charge on any atom is -0.507 e. The largest absolute Gasteiger partial charge is 0.507 e. The van der Waals surface area contributed by atoms with E-state index in [9.17, 15) is 5.11 Å². The van der Waals surface area contributed by atoms with Crippen LogP contribution in [0.25, 0.3) is 11.4 Å². The summed E-state index contributed by atoms with van der Waals surface area (Å²) in [5, 5.41) is 9.93. The van der Waals surface area contributed by atoms with E-state index in [2.05, 4.69) is 15.0 Å². The first-order valence-corrected chi connectivity index (χ1v) is 6.57. The molecule has 0 aliphatic rings. The third kappa shape index (κ3) is 2.95. The first-order valence-electron chi connectivity index (χ1n) is 6.57. The molecule has 0 atom stereocenters. The first-order chi connectivity index (χ1) is 10.8. The highest BCUT2D eigenvalue weighted by atomic mass is 16.5. The van der Waals surface area contributed by atoms with Crippen LogP contribution >= 0.6 is 0 Å². The molecule has 0 aliphatic heterocycles. The van der Waals surface area contributed by atoms with Crippen LogP contribution in [0.2, 0.25) is 0 Å². The Morgan fingerprint density at radius 1 is 0.818 bits per heavy atom. The number of aromatic nitrogens is 3. The standard InChI is InChI=1S/C16H13N3O3/c1-21-15-17-14(12-9-5-6-10-13(12)20)18-16(19-15)22-11-7-3-2-4-8-11/h2-10,20H,1H3. The number of hydrogen-bond donors (Lipinski definition) is 1. The monoisotopic (exact) mass is 295 g/mol. The molecule has 0 aliphatic carbocycles. The van der Waals surface area contributed by atoms with E-state index in [1.165, 1.54) is 7.11 Å². The van der Waals surface area contributed by atoms with Crippen LogP contribution in [0.15, 0.2) is 54.6 Å². The number of methoxy groups -OCH3 is 1. The molecule has 110 valence electrons. The Labute approximate surface area is 127 Å². The molecular formula is C16H13N3O3. The molecule has 0 fully saturated rings. The van der Waals surface area contributed by atoms with Gasteiger partial charge in [-0.25, -0.2) is 0 Å². The van der Waals surface area contributed by atoms with Gasteiger partial charge in [-0.2, -0.15) is 9.97 Å². The summed E-state index contributed by atoms with van der Waals surface area (Å²) in [5.41, 5.74) is 0.473. The fourth-order valence-electron chi connectivity index (χ4n) is 1.85. The first kappa shape index (κ1) is 13.8. The summed E-state index contributed by atoms with van der Waals surface area (Å²) in [7, 11) is 1.45. The van der Waals surface area contributed by atoms with Crippen molar-refractivity contribution in [2.75, 3.05) is 7.11 Å². The third-order valence-corrected chi connectivity index (χ3v) is 2.87. The Kier molecular flexibility index (Phi) is 3.82. The van der Waals surface area contributed by atoms with Gasteiger partial charge in [-0.15, -0.1) is 4.98 Å². The summed E-state index contributed by atoms with van der Waals surface area (Å²) >= 11 is 0. The highest BCUT2D eigenvalue weighted by molar-refractivity contribution is 5.63. The van der Waals surface area contributed by atoms with Gasteiger partial charge in [0.15, 0.2) is 5.82 Å². The lowest BCUT2D eigenvalue weighted by atomic mass is 10.2. The maximum absolute atomic E-state index is 9.93. The number of benzene rings is 2. The molecule has 2 aromatic carbocycles. The summed E-state index contributed by atoms with van der Waals surface area (Å²) < 4.78 is 10.7. The van der Waals surface area contributed by atoms with E-state index in [-0.39, 0.29) is 23.6 Å². The zero-order valence-corrected chi connectivity index (χ0v) is 11.8. The van der Waals surface area contributed by atoms with Gasteiger partial charge >= 0.3 is 12.0 Å². The fraction of sp³-hybridized carbons (Fsp3) is 0.0625. The van der Waals surface area contributed by atoms with Gasteiger partial charge < -0.3 is 14.6 Å². The number of para-hydroxylation sites is 2. The van der Waals surface area contributed by atoms with Gasteiger partial charge in [-0.1, -0.05) is 30.3 Å². The second kappa shape index (κ2) is 6.09. The Hall–Kier alpha value is -3.15. The van der Waals surface area contributed by atoms with E-state index < -0.39 is 0 Å². The van der Waals surface area contributed by atoms with E-state index in [4.69, 9.17) is 9.47 Å².